The summed E-state index contributed by atoms with van der Waals surface area (Å²) in [5.74, 6) is 1.77. The van der Waals surface area contributed by atoms with E-state index in [9.17, 15) is 0 Å². The smallest absolute Gasteiger partial charge is 0.0625 e. The van der Waals surface area contributed by atoms with Gasteiger partial charge >= 0.3 is 0 Å². The van der Waals surface area contributed by atoms with Crippen molar-refractivity contribution < 1.29 is 0 Å². The van der Waals surface area contributed by atoms with Crippen LogP contribution in [0.15, 0.2) is 6.07 Å². The summed E-state index contributed by atoms with van der Waals surface area (Å²) in [5.41, 5.74) is 2.50. The molecule has 2 rings (SSSR count). The molecule has 0 saturated heterocycles. The van der Waals surface area contributed by atoms with Crippen molar-refractivity contribution in [2.24, 2.45) is 18.9 Å². The number of hydrogen-bond acceptors (Lipinski definition) is 2. The average molecular weight is 249 g/mol. The van der Waals surface area contributed by atoms with Gasteiger partial charge in [0.15, 0.2) is 0 Å². The maximum Gasteiger partial charge on any atom is 0.0625 e. The molecule has 2 atom stereocenters. The molecule has 0 aromatic carbocycles. The molecular formula is C15H27N3. The van der Waals surface area contributed by atoms with Gasteiger partial charge in [0, 0.05) is 13.6 Å². The third-order valence-corrected chi connectivity index (χ3v) is 4.39. The fourth-order valence-electron chi connectivity index (χ4n) is 2.99. The Balaban J connectivity index is 1.78. The second-order valence-corrected chi connectivity index (χ2v) is 5.76. The molecule has 1 fully saturated rings. The average Bonchev–Trinajstić information content (AvgIpc) is 2.73. The van der Waals surface area contributed by atoms with Gasteiger partial charge < -0.3 is 5.32 Å². The first-order valence-corrected chi connectivity index (χ1v) is 7.43. The second kappa shape index (κ2) is 6.37. The van der Waals surface area contributed by atoms with Crippen LogP contribution in [-0.2, 0) is 20.0 Å². The molecule has 1 aliphatic carbocycles. The molecule has 2 unspecified atom stereocenters. The van der Waals surface area contributed by atoms with Crippen LogP contribution in [0.3, 0.4) is 0 Å². The highest BCUT2D eigenvalue weighted by Gasteiger charge is 2.20. The maximum absolute atomic E-state index is 4.49. The number of rotatable bonds is 5. The highest BCUT2D eigenvalue weighted by molar-refractivity contribution is 5.09. The van der Waals surface area contributed by atoms with E-state index in [4.69, 9.17) is 0 Å². The zero-order valence-corrected chi connectivity index (χ0v) is 12.1. The van der Waals surface area contributed by atoms with Crippen molar-refractivity contribution in [3.63, 3.8) is 0 Å². The van der Waals surface area contributed by atoms with Crippen molar-refractivity contribution in [2.45, 2.75) is 52.5 Å². The number of aryl methyl sites for hydroxylation is 2. The Bertz CT molecular complexity index is 370. The van der Waals surface area contributed by atoms with Crippen LogP contribution >= 0.6 is 0 Å². The predicted octanol–water partition coefficient (Wildman–Crippen LogP) is 2.90. The third kappa shape index (κ3) is 3.35. The fourth-order valence-corrected chi connectivity index (χ4v) is 2.99. The highest BCUT2D eigenvalue weighted by Crippen LogP contribution is 2.28. The first-order chi connectivity index (χ1) is 8.70. The highest BCUT2D eigenvalue weighted by atomic mass is 15.3. The normalized spacial score (nSPS) is 24.4. The largest absolute Gasteiger partial charge is 0.311 e. The molecule has 1 N–H and O–H groups in total. The van der Waals surface area contributed by atoms with E-state index < -0.39 is 0 Å². The quantitative estimate of drug-likeness (QED) is 0.869. The van der Waals surface area contributed by atoms with Crippen LogP contribution in [0.4, 0.5) is 0 Å². The van der Waals surface area contributed by atoms with Crippen molar-refractivity contribution in [1.82, 2.24) is 15.1 Å². The van der Waals surface area contributed by atoms with E-state index in [-0.39, 0.29) is 0 Å². The summed E-state index contributed by atoms with van der Waals surface area (Å²) in [4.78, 5) is 0. The van der Waals surface area contributed by atoms with Crippen molar-refractivity contribution in [3.05, 3.63) is 17.5 Å². The molecule has 1 saturated carbocycles. The van der Waals surface area contributed by atoms with Crippen LogP contribution in [0.5, 0.6) is 0 Å². The number of nitrogens with one attached hydrogen (secondary N) is 1. The van der Waals surface area contributed by atoms with Crippen LogP contribution in [-0.4, -0.2) is 16.3 Å². The van der Waals surface area contributed by atoms with Crippen LogP contribution in [0.1, 0.15) is 50.9 Å². The van der Waals surface area contributed by atoms with Gasteiger partial charge in [0.05, 0.1) is 11.4 Å². The zero-order valence-electron chi connectivity index (χ0n) is 12.1. The summed E-state index contributed by atoms with van der Waals surface area (Å²) in [5, 5.41) is 8.11. The summed E-state index contributed by atoms with van der Waals surface area (Å²) in [6.45, 7) is 6.68. The number of hydrogen-bond donors (Lipinski definition) is 1. The van der Waals surface area contributed by atoms with Gasteiger partial charge in [-0.2, -0.15) is 5.10 Å². The van der Waals surface area contributed by atoms with Crippen molar-refractivity contribution in [1.29, 1.82) is 0 Å². The summed E-state index contributed by atoms with van der Waals surface area (Å²) >= 11 is 0. The molecule has 1 aromatic rings. The van der Waals surface area contributed by atoms with E-state index in [1.54, 1.807) is 0 Å². The minimum atomic E-state index is 0.873. The minimum Gasteiger partial charge on any atom is -0.311 e. The van der Waals surface area contributed by atoms with Gasteiger partial charge in [0.1, 0.15) is 0 Å². The molecular weight excluding hydrogens is 222 g/mol. The van der Waals surface area contributed by atoms with Crippen molar-refractivity contribution in [3.8, 4) is 0 Å². The van der Waals surface area contributed by atoms with Gasteiger partial charge in [0.25, 0.3) is 0 Å². The molecule has 1 heterocycles. The van der Waals surface area contributed by atoms with Crippen LogP contribution in [0.2, 0.25) is 0 Å². The Morgan fingerprint density at radius 1 is 1.39 bits per heavy atom. The lowest BCUT2D eigenvalue weighted by Gasteiger charge is -2.28. The maximum atomic E-state index is 4.49. The molecule has 0 amide bonds. The monoisotopic (exact) mass is 249 g/mol. The van der Waals surface area contributed by atoms with E-state index in [0.29, 0.717) is 0 Å². The van der Waals surface area contributed by atoms with Gasteiger partial charge in [-0.1, -0.05) is 33.1 Å². The number of aromatic nitrogens is 2. The van der Waals surface area contributed by atoms with Gasteiger partial charge in [-0.05, 0) is 37.3 Å². The summed E-state index contributed by atoms with van der Waals surface area (Å²) in [6.07, 6.45) is 6.69. The van der Waals surface area contributed by atoms with Crippen LogP contribution < -0.4 is 5.32 Å². The lowest BCUT2D eigenvalue weighted by Crippen LogP contribution is -2.29. The van der Waals surface area contributed by atoms with Crippen molar-refractivity contribution in [2.75, 3.05) is 6.54 Å². The van der Waals surface area contributed by atoms with Crippen LogP contribution in [0, 0.1) is 11.8 Å². The van der Waals surface area contributed by atoms with Gasteiger partial charge in [-0.15, -0.1) is 0 Å². The van der Waals surface area contributed by atoms with E-state index in [2.05, 4.69) is 30.3 Å². The first kappa shape index (κ1) is 13.6. The Labute approximate surface area is 111 Å². The molecule has 1 aliphatic rings. The first-order valence-electron chi connectivity index (χ1n) is 7.43. The lowest BCUT2D eigenvalue weighted by molar-refractivity contribution is 0.247. The predicted molar refractivity (Wildman–Crippen MR) is 75.4 cm³/mol. The molecule has 102 valence electrons. The minimum absolute atomic E-state index is 0.873. The number of nitrogens with zero attached hydrogens (tertiary/aromatic N) is 2. The Kier molecular flexibility index (Phi) is 4.81. The van der Waals surface area contributed by atoms with E-state index >= 15 is 0 Å². The molecule has 0 radical (unpaired) electrons. The van der Waals surface area contributed by atoms with Gasteiger partial charge in [-0.25, -0.2) is 0 Å². The SMILES string of the molecule is CCc1cc(CNCC2CCCCC2C)n(C)n1. The molecule has 18 heavy (non-hydrogen) atoms. The molecule has 1 aromatic heterocycles. The van der Waals surface area contributed by atoms with E-state index in [1.165, 1.54) is 37.1 Å². The fraction of sp³-hybridized carbons (Fsp3) is 0.800. The Morgan fingerprint density at radius 2 is 2.17 bits per heavy atom. The summed E-state index contributed by atoms with van der Waals surface area (Å²) in [7, 11) is 2.04. The molecule has 0 aliphatic heterocycles. The molecule has 0 spiro atoms. The standard InChI is InChI=1S/C15H27N3/c1-4-14-9-15(18(3)17-14)11-16-10-13-8-6-5-7-12(13)2/h9,12-13,16H,4-8,10-11H2,1-3H3. The van der Waals surface area contributed by atoms with Gasteiger partial charge in [0.2, 0.25) is 0 Å². The Hall–Kier alpha value is -0.830. The van der Waals surface area contributed by atoms with Gasteiger partial charge in [-0.3, -0.25) is 4.68 Å². The molecule has 0 bridgehead atoms. The second-order valence-electron chi connectivity index (χ2n) is 5.76. The van der Waals surface area contributed by atoms with E-state index in [1.807, 2.05) is 11.7 Å². The topological polar surface area (TPSA) is 29.9 Å². The van der Waals surface area contributed by atoms with Crippen LogP contribution in [0.25, 0.3) is 0 Å². The lowest BCUT2D eigenvalue weighted by atomic mass is 9.80. The molecule has 3 nitrogen and oxygen atoms in total. The summed E-state index contributed by atoms with van der Waals surface area (Å²) in [6, 6.07) is 2.22. The summed E-state index contributed by atoms with van der Waals surface area (Å²) < 4.78 is 2.01. The zero-order chi connectivity index (χ0) is 13.0. The van der Waals surface area contributed by atoms with Crippen molar-refractivity contribution >= 4 is 0 Å². The third-order valence-electron chi connectivity index (χ3n) is 4.39. The molecule has 3 heteroatoms. The van der Waals surface area contributed by atoms with E-state index in [0.717, 1.165) is 31.3 Å². The Morgan fingerprint density at radius 3 is 2.83 bits per heavy atom.